The van der Waals surface area contributed by atoms with Gasteiger partial charge in [0.15, 0.2) is 0 Å². The van der Waals surface area contributed by atoms with E-state index in [4.69, 9.17) is 11.6 Å². The van der Waals surface area contributed by atoms with Gasteiger partial charge in [0.1, 0.15) is 0 Å². The third-order valence-electron chi connectivity index (χ3n) is 4.06. The molecule has 0 spiro atoms. The van der Waals surface area contributed by atoms with E-state index in [-0.39, 0.29) is 0 Å². The van der Waals surface area contributed by atoms with E-state index in [1.807, 2.05) is 0 Å². The van der Waals surface area contributed by atoms with Gasteiger partial charge in [0, 0.05) is 10.8 Å². The number of benzene rings is 1. The van der Waals surface area contributed by atoms with E-state index in [1.54, 1.807) is 0 Å². The predicted molar refractivity (Wildman–Crippen MR) is 59.7 cm³/mol. The number of hydrogen-bond donors (Lipinski definition) is 0. The molecule has 3 rings (SSSR count). The van der Waals surface area contributed by atoms with Gasteiger partial charge in [0.25, 0.3) is 0 Å². The molecule has 0 saturated heterocycles. The van der Waals surface area contributed by atoms with Crippen molar-refractivity contribution in [3.05, 3.63) is 35.9 Å². The van der Waals surface area contributed by atoms with Gasteiger partial charge in [0.2, 0.25) is 0 Å². The van der Waals surface area contributed by atoms with Crippen LogP contribution in [-0.4, -0.2) is 5.38 Å². The maximum Gasteiger partial charge on any atom is 0.0473 e. The molecule has 2 fully saturated rings. The molecule has 0 unspecified atom stereocenters. The molecule has 2 aliphatic rings. The first-order valence-electron chi connectivity index (χ1n) is 5.55. The Morgan fingerprint density at radius 1 is 1.14 bits per heavy atom. The summed E-state index contributed by atoms with van der Waals surface area (Å²) in [7, 11) is 0. The zero-order valence-corrected chi connectivity index (χ0v) is 9.00. The molecule has 1 aromatic carbocycles. The van der Waals surface area contributed by atoms with E-state index < -0.39 is 0 Å². The summed E-state index contributed by atoms with van der Waals surface area (Å²) in [5.41, 5.74) is 1.84. The fourth-order valence-corrected chi connectivity index (χ4v) is 3.92. The predicted octanol–water partition coefficient (Wildman–Crippen LogP) is 3.74. The van der Waals surface area contributed by atoms with Crippen LogP contribution < -0.4 is 0 Å². The first kappa shape index (κ1) is 8.79. The van der Waals surface area contributed by atoms with E-state index in [0.717, 1.165) is 5.92 Å². The van der Waals surface area contributed by atoms with Crippen molar-refractivity contribution in [3.8, 4) is 0 Å². The molecule has 74 valence electrons. The summed E-state index contributed by atoms with van der Waals surface area (Å²) in [6.45, 7) is 0. The van der Waals surface area contributed by atoms with E-state index in [2.05, 4.69) is 30.3 Å². The van der Waals surface area contributed by atoms with Crippen LogP contribution in [0.2, 0.25) is 0 Å². The topological polar surface area (TPSA) is 0 Å². The van der Waals surface area contributed by atoms with E-state index in [0.29, 0.717) is 10.8 Å². The van der Waals surface area contributed by atoms with Crippen LogP contribution in [0.3, 0.4) is 0 Å². The lowest BCUT2D eigenvalue weighted by Gasteiger charge is -2.21. The quantitative estimate of drug-likeness (QED) is 0.615. The molecule has 2 saturated carbocycles. The third kappa shape index (κ3) is 1.01. The van der Waals surface area contributed by atoms with Crippen LogP contribution in [0.15, 0.2) is 30.3 Å². The van der Waals surface area contributed by atoms with E-state index >= 15 is 0 Å². The third-order valence-corrected chi connectivity index (χ3v) is 4.76. The maximum atomic E-state index is 6.45. The van der Waals surface area contributed by atoms with Crippen molar-refractivity contribution < 1.29 is 0 Å². The molecule has 0 aliphatic heterocycles. The van der Waals surface area contributed by atoms with Crippen LogP contribution >= 0.6 is 11.6 Å². The zero-order chi connectivity index (χ0) is 9.60. The number of alkyl halides is 1. The monoisotopic (exact) mass is 206 g/mol. The van der Waals surface area contributed by atoms with Crippen LogP contribution in [0, 0.1) is 5.92 Å². The second kappa shape index (κ2) is 3.00. The minimum absolute atomic E-state index is 0.362. The average Bonchev–Trinajstić information content (AvgIpc) is 2.88. The van der Waals surface area contributed by atoms with Crippen molar-refractivity contribution in [2.24, 2.45) is 5.92 Å². The second-order valence-electron chi connectivity index (χ2n) is 4.66. The number of rotatable bonds is 1. The van der Waals surface area contributed by atoms with Gasteiger partial charge in [-0.2, -0.15) is 0 Å². The Balaban J connectivity index is 1.98. The van der Waals surface area contributed by atoms with Gasteiger partial charge in [-0.15, -0.1) is 11.6 Å². The molecule has 3 atom stereocenters. The van der Waals surface area contributed by atoms with Gasteiger partial charge in [-0.1, -0.05) is 43.2 Å². The molecule has 1 aromatic rings. The molecule has 0 amide bonds. The van der Waals surface area contributed by atoms with Crippen molar-refractivity contribution in [1.29, 1.82) is 0 Å². The van der Waals surface area contributed by atoms with Crippen LogP contribution in [0.4, 0.5) is 0 Å². The Labute approximate surface area is 90.3 Å². The fraction of sp³-hybridized carbons (Fsp3) is 0.538. The fourth-order valence-electron chi connectivity index (χ4n) is 3.24. The van der Waals surface area contributed by atoms with Gasteiger partial charge < -0.3 is 0 Å². The average molecular weight is 207 g/mol. The smallest absolute Gasteiger partial charge is 0.0473 e. The summed E-state index contributed by atoms with van der Waals surface area (Å²) >= 11 is 6.45. The molecule has 0 heterocycles. The highest BCUT2D eigenvalue weighted by molar-refractivity contribution is 6.24. The van der Waals surface area contributed by atoms with E-state index in [9.17, 15) is 0 Å². The molecule has 2 aliphatic carbocycles. The molecule has 0 N–H and O–H groups in total. The SMILES string of the molecule is Cl[C@H]1[C@@H]2CCCC[C@]12c1ccccc1. The number of fused-ring (bicyclic) bond motifs is 1. The van der Waals surface area contributed by atoms with Crippen LogP contribution in [0.25, 0.3) is 0 Å². The normalized spacial score (nSPS) is 40.4. The van der Waals surface area contributed by atoms with Crippen LogP contribution in [0.1, 0.15) is 31.2 Å². The Bertz CT molecular complexity index is 332. The Kier molecular flexibility index (Phi) is 1.88. The minimum Gasteiger partial charge on any atom is -0.122 e. The van der Waals surface area contributed by atoms with Crippen molar-refractivity contribution in [1.82, 2.24) is 0 Å². The van der Waals surface area contributed by atoms with Crippen molar-refractivity contribution >= 4 is 11.6 Å². The molecular weight excluding hydrogens is 192 g/mol. The van der Waals surface area contributed by atoms with Gasteiger partial charge in [-0.05, 0) is 24.3 Å². The number of hydrogen-bond acceptors (Lipinski definition) is 0. The lowest BCUT2D eigenvalue weighted by Crippen LogP contribution is -2.15. The molecule has 0 bridgehead atoms. The van der Waals surface area contributed by atoms with Gasteiger partial charge >= 0.3 is 0 Å². The van der Waals surface area contributed by atoms with Crippen molar-refractivity contribution in [3.63, 3.8) is 0 Å². The zero-order valence-electron chi connectivity index (χ0n) is 8.25. The highest BCUT2D eigenvalue weighted by atomic mass is 35.5. The van der Waals surface area contributed by atoms with Crippen LogP contribution in [-0.2, 0) is 5.41 Å². The maximum absolute atomic E-state index is 6.45. The molecular formula is C13H15Cl. The van der Waals surface area contributed by atoms with Gasteiger partial charge in [-0.25, -0.2) is 0 Å². The van der Waals surface area contributed by atoms with Crippen molar-refractivity contribution in [2.75, 3.05) is 0 Å². The first-order chi connectivity index (χ1) is 6.86. The molecule has 0 radical (unpaired) electrons. The minimum atomic E-state index is 0.362. The summed E-state index contributed by atoms with van der Waals surface area (Å²) in [6.07, 6.45) is 5.37. The summed E-state index contributed by atoms with van der Waals surface area (Å²) < 4.78 is 0. The summed E-state index contributed by atoms with van der Waals surface area (Å²) in [5, 5.41) is 0.410. The Morgan fingerprint density at radius 3 is 2.64 bits per heavy atom. The lowest BCUT2D eigenvalue weighted by atomic mass is 9.83. The Hall–Kier alpha value is -0.490. The molecule has 1 heteroatoms. The first-order valence-corrected chi connectivity index (χ1v) is 5.99. The van der Waals surface area contributed by atoms with Crippen LogP contribution in [0.5, 0.6) is 0 Å². The summed E-state index contributed by atoms with van der Waals surface area (Å²) in [5.74, 6) is 0.764. The summed E-state index contributed by atoms with van der Waals surface area (Å²) in [4.78, 5) is 0. The van der Waals surface area contributed by atoms with Crippen molar-refractivity contribution in [2.45, 2.75) is 36.5 Å². The van der Waals surface area contributed by atoms with Gasteiger partial charge in [-0.3, -0.25) is 0 Å². The standard InChI is InChI=1S/C13H15Cl/c14-12-11-8-4-5-9-13(11,12)10-6-2-1-3-7-10/h1-3,6-7,11-12H,4-5,8-9H2/t11-,12-,13+/m0/s1. The summed E-state index contributed by atoms with van der Waals surface area (Å²) in [6, 6.07) is 10.9. The number of halogens is 1. The largest absolute Gasteiger partial charge is 0.122 e. The lowest BCUT2D eigenvalue weighted by molar-refractivity contribution is 0.428. The highest BCUT2D eigenvalue weighted by Crippen LogP contribution is 2.65. The Morgan fingerprint density at radius 2 is 1.93 bits per heavy atom. The molecule has 0 aromatic heterocycles. The molecule has 14 heavy (non-hydrogen) atoms. The van der Waals surface area contributed by atoms with Gasteiger partial charge in [0.05, 0.1) is 0 Å². The second-order valence-corrected chi connectivity index (χ2v) is 5.13. The highest BCUT2D eigenvalue weighted by Gasteiger charge is 2.64. The molecule has 0 nitrogen and oxygen atoms in total. The van der Waals surface area contributed by atoms with E-state index in [1.165, 1.54) is 31.2 Å².